The first-order valence-electron chi connectivity index (χ1n) is 38.7. The normalized spacial score (nSPS) is 19.0. The number of nitrogens with zero attached hydrogens (tertiary/aromatic N) is 9. The van der Waals surface area contributed by atoms with Gasteiger partial charge in [0.2, 0.25) is 5.75 Å². The number of carbonyl (C=O) groups is 6. The minimum atomic E-state index is -0.594. The fourth-order valence-corrected chi connectivity index (χ4v) is 17.6. The van der Waals surface area contributed by atoms with Gasteiger partial charge in [0.15, 0.2) is 34.5 Å². The largest absolute Gasteiger partial charge is 0.493 e. The van der Waals surface area contributed by atoms with Gasteiger partial charge in [0.05, 0.1) is 113 Å². The molecule has 0 N–H and O–H groups in total. The van der Waals surface area contributed by atoms with E-state index in [1.165, 1.54) is 45.1 Å². The summed E-state index contributed by atoms with van der Waals surface area (Å²) in [5.74, 6) is 1.04. The maximum atomic E-state index is 14.1. The van der Waals surface area contributed by atoms with E-state index < -0.39 is 11.6 Å². The van der Waals surface area contributed by atoms with Crippen LogP contribution < -0.4 is 47.9 Å². The molecule has 22 nitrogen and oxygen atoms in total. The van der Waals surface area contributed by atoms with Crippen LogP contribution in [0.5, 0.6) is 40.2 Å². The number of benzene rings is 9. The quantitative estimate of drug-likeness (QED) is 0.0548. The molecule has 0 spiro atoms. The van der Waals surface area contributed by atoms with Crippen LogP contribution in [0.25, 0.3) is 0 Å². The highest BCUT2D eigenvalue weighted by molar-refractivity contribution is 6.25. The topological polar surface area (TPSA) is 196 Å². The summed E-state index contributed by atoms with van der Waals surface area (Å²) in [4.78, 5) is 98.9. The van der Waals surface area contributed by atoms with Gasteiger partial charge in [0.1, 0.15) is 11.6 Å². The van der Waals surface area contributed by atoms with Crippen LogP contribution in [0, 0.1) is 11.6 Å². The van der Waals surface area contributed by atoms with Gasteiger partial charge in [-0.1, -0.05) is 97.1 Å². The van der Waals surface area contributed by atoms with E-state index >= 15 is 0 Å². The van der Waals surface area contributed by atoms with E-state index in [1.54, 1.807) is 97.3 Å². The predicted molar refractivity (Wildman–Crippen MR) is 428 cm³/mol. The molecular weight excluding hydrogens is 1450 g/mol. The minimum Gasteiger partial charge on any atom is -0.493 e. The second-order valence-electron chi connectivity index (χ2n) is 29.8. The number of carbonyl (C=O) groups excluding carboxylic acids is 6. The van der Waals surface area contributed by atoms with Gasteiger partial charge in [-0.05, 0) is 139 Å². The van der Waals surface area contributed by atoms with Crippen molar-refractivity contribution in [1.29, 1.82) is 0 Å². The number of piperazine rings is 3. The van der Waals surface area contributed by atoms with Gasteiger partial charge in [-0.25, -0.2) is 8.78 Å². The molecule has 17 rings (SSSR count). The van der Waals surface area contributed by atoms with Crippen molar-refractivity contribution in [1.82, 2.24) is 29.4 Å². The van der Waals surface area contributed by atoms with E-state index in [0.29, 0.717) is 155 Å². The molecule has 590 valence electrons. The van der Waals surface area contributed by atoms with Gasteiger partial charge in [-0.2, -0.15) is 0 Å². The first-order valence-corrected chi connectivity index (χ1v) is 38.7. The number of methoxy groups -OCH3 is 7. The smallest absolute Gasteiger partial charge is 0.263 e. The Bertz CT molecular complexity index is 5070. The first kappa shape index (κ1) is 77.5. The number of hydrogen-bond donors (Lipinski definition) is 0. The molecular formula is C90H93F2N9O13. The highest BCUT2D eigenvalue weighted by atomic mass is 19.1. The number of anilines is 3. The Labute approximate surface area is 662 Å². The molecule has 114 heavy (non-hydrogen) atoms. The maximum Gasteiger partial charge on any atom is 0.263 e. The van der Waals surface area contributed by atoms with E-state index in [-0.39, 0.29) is 48.5 Å². The summed E-state index contributed by atoms with van der Waals surface area (Å²) in [6.45, 7) is 8.72. The van der Waals surface area contributed by atoms with Gasteiger partial charge in [-0.15, -0.1) is 0 Å². The number of fused-ring (bicyclic) bond motifs is 7. The Hall–Kier alpha value is -11.9. The molecule has 4 unspecified atom stereocenters. The molecule has 5 saturated heterocycles. The lowest BCUT2D eigenvalue weighted by Gasteiger charge is -2.42. The number of hydrogen-bond acceptors (Lipinski definition) is 19. The SMILES string of the molecule is COc1cc(CN2C(=O)c3cccc(N4CC5CCC(C4)N5Cc4ccccc4)c3C2=O)cc(OC)c1OC.COc1ccc(CCN2C(=O)c3cccc(N4CC5CCC(C4)N5Cc4ccccc4)c3C2=O)cc1OC.COc1ccc(CN2C(=O)c3cccc(N4CCN(Cc5ccc(F)cc5F)CC4)c3C2=O)cc1OC. The predicted octanol–water partition coefficient (Wildman–Crippen LogP) is 12.9. The summed E-state index contributed by atoms with van der Waals surface area (Å²) in [6, 6.07) is 57.8. The third-order valence-corrected chi connectivity index (χ3v) is 23.3. The van der Waals surface area contributed by atoms with Crippen LogP contribution in [0.3, 0.4) is 0 Å². The molecule has 4 bridgehead atoms. The van der Waals surface area contributed by atoms with Crippen LogP contribution in [-0.4, -0.2) is 198 Å². The van der Waals surface area contributed by atoms with E-state index in [9.17, 15) is 37.5 Å². The molecule has 8 aliphatic rings. The molecule has 0 aliphatic carbocycles. The minimum absolute atomic E-state index is 0.110. The van der Waals surface area contributed by atoms with Crippen molar-refractivity contribution in [3.63, 3.8) is 0 Å². The van der Waals surface area contributed by atoms with Crippen molar-refractivity contribution >= 4 is 52.5 Å². The van der Waals surface area contributed by atoms with Gasteiger partial charge in [-0.3, -0.25) is 58.2 Å². The van der Waals surface area contributed by atoms with Crippen LogP contribution in [0.4, 0.5) is 25.8 Å². The number of ether oxygens (including phenoxy) is 7. The molecule has 4 atom stereocenters. The number of rotatable bonds is 23. The summed E-state index contributed by atoms with van der Waals surface area (Å²) in [7, 11) is 10.9. The third-order valence-electron chi connectivity index (χ3n) is 23.3. The molecule has 5 fully saturated rings. The third kappa shape index (κ3) is 15.5. The van der Waals surface area contributed by atoms with E-state index in [2.05, 4.69) is 90.1 Å². The van der Waals surface area contributed by atoms with Gasteiger partial charge >= 0.3 is 0 Å². The number of halogens is 2. The zero-order chi connectivity index (χ0) is 79.4. The molecule has 8 heterocycles. The molecule has 9 aromatic rings. The molecule has 0 saturated carbocycles. The van der Waals surface area contributed by atoms with Crippen LogP contribution in [0.15, 0.2) is 182 Å². The van der Waals surface area contributed by atoms with Crippen molar-refractivity contribution in [3.8, 4) is 40.2 Å². The lowest BCUT2D eigenvalue weighted by molar-refractivity contribution is 0.0627. The van der Waals surface area contributed by atoms with Gasteiger partial charge in [0, 0.05) is 114 Å². The standard InChI is InChI=1S/C31H33N3O5.C31H33N3O4.C28H27F2N3O4/c1-37-26-14-21(15-27(38-2)29(26)39-3)17-34-30(35)24-10-7-11-25(28(24)31(34)36)32-18-22-12-13-23(19-32)33(22)16-20-8-5-4-6-9-20;1-37-27-14-11-21(17-28(27)38-2)15-16-33-30(35)25-9-6-10-26(29(25)31(33)36)32-19-23-12-13-24(20-32)34(23)18-22-7-4-3-5-8-22;1-36-24-9-6-18(14-25(24)37-2)16-33-27(34)21-4-3-5-23(26(21)28(33)35)32-12-10-31(11-13-32)17-19-7-8-20(29)15-22(19)30/h4-11,14-15,22-23H,12-13,16-19H2,1-3H3;3-11,14,17,23-24H,12-13,15-16,18-20H2,1-2H3;3-9,14-15H,10-13,16-17H2,1-2H3. The van der Waals surface area contributed by atoms with Crippen LogP contribution in [-0.2, 0) is 39.1 Å². The summed E-state index contributed by atoms with van der Waals surface area (Å²) in [6.07, 6.45) is 5.15. The second-order valence-corrected chi connectivity index (χ2v) is 29.8. The molecule has 0 radical (unpaired) electrons. The molecule has 9 aromatic carbocycles. The van der Waals surface area contributed by atoms with Crippen LogP contribution in [0.1, 0.15) is 121 Å². The zero-order valence-corrected chi connectivity index (χ0v) is 65.2. The Morgan fingerprint density at radius 3 is 1.18 bits per heavy atom. The summed E-state index contributed by atoms with van der Waals surface area (Å²) in [5, 5.41) is 0. The highest BCUT2D eigenvalue weighted by Gasteiger charge is 2.47. The van der Waals surface area contributed by atoms with Crippen molar-refractivity contribution in [2.45, 2.75) is 89.0 Å². The molecule has 8 aliphatic heterocycles. The second kappa shape index (κ2) is 33.8. The monoisotopic (exact) mass is 1550 g/mol. The van der Waals surface area contributed by atoms with E-state index in [4.69, 9.17) is 33.2 Å². The Balaban J connectivity index is 0.000000135. The molecule has 0 aromatic heterocycles. The maximum absolute atomic E-state index is 14.1. The lowest BCUT2D eigenvalue weighted by atomic mass is 10.0. The van der Waals surface area contributed by atoms with Gasteiger partial charge < -0.3 is 47.9 Å². The van der Waals surface area contributed by atoms with Crippen molar-refractivity contribution in [2.24, 2.45) is 0 Å². The van der Waals surface area contributed by atoms with E-state index in [1.807, 2.05) is 48.5 Å². The van der Waals surface area contributed by atoms with E-state index in [0.717, 1.165) is 99.2 Å². The van der Waals surface area contributed by atoms with Gasteiger partial charge in [0.25, 0.3) is 35.4 Å². The molecule has 24 heteroatoms. The van der Waals surface area contributed by atoms with Crippen LogP contribution >= 0.6 is 0 Å². The average Bonchev–Trinajstić information content (AvgIpc) is 1.62. The summed E-state index contributed by atoms with van der Waals surface area (Å²) < 4.78 is 65.0. The fourth-order valence-electron chi connectivity index (χ4n) is 17.6. The Morgan fingerprint density at radius 2 is 0.737 bits per heavy atom. The highest BCUT2D eigenvalue weighted by Crippen LogP contribution is 2.44. The number of amides is 6. The number of imide groups is 3. The first-order chi connectivity index (χ1) is 55.5. The summed E-state index contributed by atoms with van der Waals surface area (Å²) >= 11 is 0. The van der Waals surface area contributed by atoms with Crippen molar-refractivity contribution < 1.29 is 70.7 Å². The molecule has 6 amide bonds. The van der Waals surface area contributed by atoms with Crippen LogP contribution in [0.2, 0.25) is 0 Å². The lowest BCUT2D eigenvalue weighted by Crippen LogP contribution is -2.53. The van der Waals surface area contributed by atoms with Crippen molar-refractivity contribution in [2.75, 3.05) is 123 Å². The Kier molecular flexibility index (Phi) is 23.0. The Morgan fingerprint density at radius 1 is 0.333 bits per heavy atom. The average molecular weight is 1550 g/mol. The van der Waals surface area contributed by atoms with Crippen molar-refractivity contribution in [3.05, 3.63) is 260 Å². The summed E-state index contributed by atoms with van der Waals surface area (Å²) in [5.41, 5.74) is 10.9. The fraction of sp³-hybridized carbons (Fsp3) is 0.333. The zero-order valence-electron chi connectivity index (χ0n) is 65.2.